The van der Waals surface area contributed by atoms with E-state index >= 15 is 0 Å². The molecule has 0 spiro atoms. The van der Waals surface area contributed by atoms with Crippen molar-refractivity contribution in [3.8, 4) is 11.4 Å². The number of nitrogens with one attached hydrogen (secondary N) is 2. The largest absolute Gasteiger partial charge is 0.388 e. The topological polar surface area (TPSA) is 40.7 Å². The maximum Gasteiger partial charge on any atom is 0.139 e. The average Bonchev–Trinajstić information content (AvgIpc) is 2.81. The van der Waals surface area contributed by atoms with E-state index in [0.29, 0.717) is 5.02 Å². The third kappa shape index (κ3) is 1.83. The Morgan fingerprint density at radius 3 is 2.78 bits per heavy atom. The molecule has 4 heteroatoms. The fraction of sp³-hybridized carbons (Fsp3) is 0.0714. The molecule has 18 heavy (non-hydrogen) atoms. The Bertz CT molecular complexity index is 703. The van der Waals surface area contributed by atoms with Crippen LogP contribution in [0.3, 0.4) is 0 Å². The number of imidazole rings is 1. The van der Waals surface area contributed by atoms with Crippen molar-refractivity contribution in [1.82, 2.24) is 9.97 Å². The van der Waals surface area contributed by atoms with Gasteiger partial charge in [0.25, 0.3) is 0 Å². The molecule has 3 aromatic rings. The number of anilines is 1. The number of fused-ring (bicyclic) bond motifs is 1. The molecule has 0 unspecified atom stereocenters. The Balaban J connectivity index is 2.17. The zero-order valence-corrected chi connectivity index (χ0v) is 10.6. The predicted molar refractivity (Wildman–Crippen MR) is 76.1 cm³/mol. The Morgan fingerprint density at radius 1 is 1.17 bits per heavy atom. The lowest BCUT2D eigenvalue weighted by Crippen LogP contribution is -1.86. The fourth-order valence-electron chi connectivity index (χ4n) is 1.95. The molecule has 0 atom stereocenters. The van der Waals surface area contributed by atoms with Crippen LogP contribution in [0.5, 0.6) is 0 Å². The van der Waals surface area contributed by atoms with Crippen molar-refractivity contribution >= 4 is 28.3 Å². The number of halogens is 1. The maximum absolute atomic E-state index is 6.17. The van der Waals surface area contributed by atoms with E-state index < -0.39 is 0 Å². The van der Waals surface area contributed by atoms with Crippen LogP contribution in [0.15, 0.2) is 42.5 Å². The Hall–Kier alpha value is -2.00. The third-order valence-corrected chi connectivity index (χ3v) is 3.23. The minimum atomic E-state index is 0.699. The highest BCUT2D eigenvalue weighted by atomic mass is 35.5. The minimum Gasteiger partial charge on any atom is -0.388 e. The van der Waals surface area contributed by atoms with Crippen molar-refractivity contribution in [3.63, 3.8) is 0 Å². The molecule has 0 amide bonds. The zero-order valence-electron chi connectivity index (χ0n) is 9.87. The normalized spacial score (nSPS) is 10.8. The van der Waals surface area contributed by atoms with Gasteiger partial charge >= 0.3 is 0 Å². The summed E-state index contributed by atoms with van der Waals surface area (Å²) in [4.78, 5) is 7.84. The molecule has 0 saturated heterocycles. The van der Waals surface area contributed by atoms with Gasteiger partial charge < -0.3 is 10.3 Å². The molecule has 90 valence electrons. The molecule has 0 fully saturated rings. The first kappa shape index (κ1) is 11.1. The first-order valence-electron chi connectivity index (χ1n) is 5.70. The van der Waals surface area contributed by atoms with E-state index in [0.717, 1.165) is 28.1 Å². The predicted octanol–water partition coefficient (Wildman–Crippen LogP) is 3.93. The van der Waals surface area contributed by atoms with Gasteiger partial charge in [0.1, 0.15) is 5.82 Å². The molecule has 0 aliphatic rings. The second-order valence-electron chi connectivity index (χ2n) is 4.05. The highest BCUT2D eigenvalue weighted by Gasteiger charge is 2.08. The quantitative estimate of drug-likeness (QED) is 0.730. The lowest BCUT2D eigenvalue weighted by Gasteiger charge is -1.98. The molecule has 3 nitrogen and oxygen atoms in total. The minimum absolute atomic E-state index is 0.699. The molecule has 0 saturated carbocycles. The molecule has 1 aromatic heterocycles. The van der Waals surface area contributed by atoms with E-state index in [2.05, 4.69) is 15.3 Å². The highest BCUT2D eigenvalue weighted by molar-refractivity contribution is 6.33. The van der Waals surface area contributed by atoms with Gasteiger partial charge in [-0.3, -0.25) is 0 Å². The first-order chi connectivity index (χ1) is 8.78. The van der Waals surface area contributed by atoms with Crippen molar-refractivity contribution < 1.29 is 0 Å². The summed E-state index contributed by atoms with van der Waals surface area (Å²) < 4.78 is 0. The molecule has 0 bridgehead atoms. The second-order valence-corrected chi connectivity index (χ2v) is 4.45. The van der Waals surface area contributed by atoms with Gasteiger partial charge in [0.2, 0.25) is 0 Å². The van der Waals surface area contributed by atoms with Gasteiger partial charge in [0.15, 0.2) is 0 Å². The number of hydrogen-bond acceptors (Lipinski definition) is 2. The molecule has 1 heterocycles. The summed E-state index contributed by atoms with van der Waals surface area (Å²) in [7, 11) is 1.90. The van der Waals surface area contributed by atoms with Crippen molar-refractivity contribution in [1.29, 1.82) is 0 Å². The van der Waals surface area contributed by atoms with E-state index in [1.165, 1.54) is 0 Å². The number of aromatic nitrogens is 2. The van der Waals surface area contributed by atoms with Crippen molar-refractivity contribution in [2.24, 2.45) is 0 Å². The molecule has 0 aliphatic heterocycles. The van der Waals surface area contributed by atoms with E-state index in [9.17, 15) is 0 Å². The van der Waals surface area contributed by atoms with Crippen LogP contribution >= 0.6 is 11.6 Å². The summed E-state index contributed by atoms with van der Waals surface area (Å²) >= 11 is 6.17. The molecule has 0 aliphatic carbocycles. The molecular weight excluding hydrogens is 246 g/mol. The first-order valence-corrected chi connectivity index (χ1v) is 6.08. The van der Waals surface area contributed by atoms with Crippen LogP contribution in [0, 0.1) is 0 Å². The number of benzene rings is 2. The van der Waals surface area contributed by atoms with E-state index in [1.54, 1.807) is 0 Å². The van der Waals surface area contributed by atoms with E-state index in [4.69, 9.17) is 11.6 Å². The van der Waals surface area contributed by atoms with E-state index in [1.807, 2.05) is 49.5 Å². The van der Waals surface area contributed by atoms with Gasteiger partial charge in [-0.2, -0.15) is 0 Å². The monoisotopic (exact) mass is 257 g/mol. The Labute approximate surface area is 110 Å². The summed E-state index contributed by atoms with van der Waals surface area (Å²) in [5, 5.41) is 3.81. The van der Waals surface area contributed by atoms with Gasteiger partial charge in [-0.05, 0) is 30.3 Å². The van der Waals surface area contributed by atoms with Gasteiger partial charge in [0, 0.05) is 18.3 Å². The maximum atomic E-state index is 6.17. The van der Waals surface area contributed by atoms with Crippen LogP contribution in [0.2, 0.25) is 5.02 Å². The number of H-pyrrole nitrogens is 1. The van der Waals surface area contributed by atoms with Crippen LogP contribution in [-0.4, -0.2) is 17.0 Å². The molecule has 3 rings (SSSR count). The lowest BCUT2D eigenvalue weighted by molar-refractivity contribution is 1.34. The van der Waals surface area contributed by atoms with Gasteiger partial charge in [-0.1, -0.05) is 23.7 Å². The summed E-state index contributed by atoms with van der Waals surface area (Å²) in [6.07, 6.45) is 0. The summed E-state index contributed by atoms with van der Waals surface area (Å²) in [5.41, 5.74) is 3.90. The summed E-state index contributed by atoms with van der Waals surface area (Å²) in [6.45, 7) is 0. The van der Waals surface area contributed by atoms with Crippen LogP contribution < -0.4 is 5.32 Å². The standard InChI is InChI=1S/C14H12ClN3/c1-16-9-6-7-12-13(8-9)18-14(17-12)10-4-2-3-5-11(10)15/h2-8,16H,1H3,(H,17,18). The van der Waals surface area contributed by atoms with Crippen molar-refractivity contribution in [3.05, 3.63) is 47.5 Å². The molecule has 0 radical (unpaired) electrons. The van der Waals surface area contributed by atoms with Gasteiger partial charge in [-0.25, -0.2) is 4.98 Å². The number of nitrogens with zero attached hydrogens (tertiary/aromatic N) is 1. The highest BCUT2D eigenvalue weighted by Crippen LogP contribution is 2.27. The smallest absolute Gasteiger partial charge is 0.139 e. The molecular formula is C14H12ClN3. The van der Waals surface area contributed by atoms with Crippen LogP contribution in [0.25, 0.3) is 22.4 Å². The van der Waals surface area contributed by atoms with Crippen LogP contribution in [0.1, 0.15) is 0 Å². The third-order valence-electron chi connectivity index (χ3n) is 2.90. The summed E-state index contributed by atoms with van der Waals surface area (Å²) in [5.74, 6) is 0.795. The van der Waals surface area contributed by atoms with Gasteiger partial charge in [-0.15, -0.1) is 0 Å². The molecule has 2 aromatic carbocycles. The van der Waals surface area contributed by atoms with Crippen molar-refractivity contribution in [2.45, 2.75) is 0 Å². The van der Waals surface area contributed by atoms with E-state index in [-0.39, 0.29) is 0 Å². The summed E-state index contributed by atoms with van der Waals surface area (Å²) in [6, 6.07) is 13.7. The fourth-order valence-corrected chi connectivity index (χ4v) is 2.17. The van der Waals surface area contributed by atoms with Crippen molar-refractivity contribution in [2.75, 3.05) is 12.4 Å². The van der Waals surface area contributed by atoms with Gasteiger partial charge in [0.05, 0.1) is 16.1 Å². The second kappa shape index (κ2) is 4.35. The van der Waals surface area contributed by atoms with Crippen LogP contribution in [-0.2, 0) is 0 Å². The zero-order chi connectivity index (χ0) is 12.5. The average molecular weight is 258 g/mol. The Kier molecular flexibility index (Phi) is 2.68. The Morgan fingerprint density at radius 2 is 2.00 bits per heavy atom. The number of aromatic amines is 1. The number of rotatable bonds is 2. The molecule has 2 N–H and O–H groups in total. The van der Waals surface area contributed by atoms with Crippen LogP contribution in [0.4, 0.5) is 5.69 Å². The SMILES string of the molecule is CNc1ccc2nc(-c3ccccc3Cl)[nH]c2c1. The number of hydrogen-bond donors (Lipinski definition) is 2. The lowest BCUT2D eigenvalue weighted by atomic mass is 10.2.